The van der Waals surface area contributed by atoms with Gasteiger partial charge >= 0.3 is 0 Å². The van der Waals surface area contributed by atoms with Crippen molar-refractivity contribution < 1.29 is 23.2 Å². The molecule has 1 fully saturated rings. The molecule has 1 N–H and O–H groups in total. The lowest BCUT2D eigenvalue weighted by Gasteiger charge is -2.42. The van der Waals surface area contributed by atoms with E-state index in [0.717, 1.165) is 16.7 Å². The van der Waals surface area contributed by atoms with Gasteiger partial charge in [-0.1, -0.05) is 91.0 Å². The van der Waals surface area contributed by atoms with E-state index in [-0.39, 0.29) is 12.7 Å². The van der Waals surface area contributed by atoms with Gasteiger partial charge in [-0.25, -0.2) is 8.93 Å². The molecule has 1 saturated heterocycles. The summed E-state index contributed by atoms with van der Waals surface area (Å²) in [6.45, 7) is 7.26. The lowest BCUT2D eigenvalue weighted by molar-refractivity contribution is -0.240. The van der Waals surface area contributed by atoms with Crippen LogP contribution in [0.15, 0.2) is 91.0 Å². The Morgan fingerprint density at radius 2 is 1.16 bits per heavy atom. The quantitative estimate of drug-likeness (QED) is 0.377. The maximum absolute atomic E-state index is 13.0. The van der Waals surface area contributed by atoms with E-state index in [4.69, 9.17) is 18.9 Å². The van der Waals surface area contributed by atoms with E-state index < -0.39 is 34.2 Å². The number of rotatable bonds is 11. The van der Waals surface area contributed by atoms with Gasteiger partial charge in [-0.05, 0) is 37.5 Å². The van der Waals surface area contributed by atoms with Crippen LogP contribution in [0, 0.1) is 0 Å². The van der Waals surface area contributed by atoms with E-state index in [2.05, 4.69) is 4.72 Å². The monoisotopic (exact) mass is 523 g/mol. The van der Waals surface area contributed by atoms with Gasteiger partial charge in [0.1, 0.15) is 24.5 Å². The third-order valence-corrected chi connectivity index (χ3v) is 7.64. The summed E-state index contributed by atoms with van der Waals surface area (Å²) in [5.41, 5.74) is 3.16. The number of hydrogen-bond donors (Lipinski definition) is 1. The van der Waals surface area contributed by atoms with Crippen molar-refractivity contribution in [2.24, 2.45) is 0 Å². The summed E-state index contributed by atoms with van der Waals surface area (Å²) >= 11 is 0. The molecule has 4 rings (SSSR count). The number of benzene rings is 3. The fourth-order valence-corrected chi connectivity index (χ4v) is 4.76. The lowest BCUT2D eigenvalue weighted by atomic mass is 10.0. The predicted octanol–water partition coefficient (Wildman–Crippen LogP) is 5.15. The van der Waals surface area contributed by atoms with Gasteiger partial charge in [-0.3, -0.25) is 0 Å². The van der Waals surface area contributed by atoms with Crippen LogP contribution in [0.3, 0.4) is 0 Å². The maximum atomic E-state index is 13.0. The second-order valence-electron chi connectivity index (χ2n) is 10.1. The minimum Gasteiger partial charge on any atom is -0.368 e. The Bertz CT molecular complexity index is 1090. The molecule has 3 aromatic rings. The Hall–Kier alpha value is -2.39. The van der Waals surface area contributed by atoms with Crippen LogP contribution < -0.4 is 4.72 Å². The van der Waals surface area contributed by atoms with Crippen LogP contribution in [0.4, 0.5) is 0 Å². The largest absolute Gasteiger partial charge is 0.368 e. The van der Waals surface area contributed by atoms with Crippen molar-refractivity contribution in [2.45, 2.75) is 69.9 Å². The molecule has 0 amide bonds. The summed E-state index contributed by atoms with van der Waals surface area (Å²) in [6.07, 6.45) is -1.99. The molecule has 1 aliphatic heterocycles. The van der Waals surface area contributed by atoms with Gasteiger partial charge in [0, 0.05) is 0 Å². The molecule has 3 aromatic carbocycles. The number of nitrogens with one attached hydrogen (secondary N) is 1. The summed E-state index contributed by atoms with van der Waals surface area (Å²) in [5, 5.41) is 0. The normalized spacial score (nSPS) is 23.0. The van der Waals surface area contributed by atoms with Crippen molar-refractivity contribution in [3.8, 4) is 0 Å². The molecule has 7 heteroatoms. The van der Waals surface area contributed by atoms with Gasteiger partial charge in [-0.2, -0.15) is 0 Å². The zero-order chi connectivity index (χ0) is 26.1. The highest BCUT2D eigenvalue weighted by molar-refractivity contribution is 7.84. The smallest absolute Gasteiger partial charge is 0.148 e. The molecule has 0 bridgehead atoms. The minimum atomic E-state index is -1.35. The molecule has 198 valence electrons. The summed E-state index contributed by atoms with van der Waals surface area (Å²) in [7, 11) is -1.35. The molecule has 1 aliphatic rings. The van der Waals surface area contributed by atoms with Gasteiger partial charge in [-0.15, -0.1) is 0 Å². The Labute approximate surface area is 222 Å². The van der Waals surface area contributed by atoms with Crippen molar-refractivity contribution in [1.82, 2.24) is 4.72 Å². The molecule has 2 unspecified atom stereocenters. The molecule has 37 heavy (non-hydrogen) atoms. The summed E-state index contributed by atoms with van der Waals surface area (Å²) in [6, 6.07) is 30.0. The van der Waals surface area contributed by atoms with E-state index in [1.54, 1.807) is 0 Å². The zero-order valence-electron chi connectivity index (χ0n) is 21.7. The van der Waals surface area contributed by atoms with Gasteiger partial charge in [0.15, 0.2) is 0 Å². The van der Waals surface area contributed by atoms with Crippen molar-refractivity contribution >= 4 is 11.0 Å². The van der Waals surface area contributed by atoms with Crippen LogP contribution in [0.2, 0.25) is 0 Å². The second-order valence-corrected chi connectivity index (χ2v) is 12.1. The third kappa shape index (κ3) is 8.30. The fourth-order valence-electron chi connectivity index (χ4n) is 3.99. The van der Waals surface area contributed by atoms with E-state index in [0.29, 0.717) is 19.8 Å². The minimum absolute atomic E-state index is 0.288. The molecular weight excluding hydrogens is 486 g/mol. The molecule has 5 atom stereocenters. The van der Waals surface area contributed by atoms with Gasteiger partial charge in [0.25, 0.3) is 0 Å². The second kappa shape index (κ2) is 13.4. The highest BCUT2D eigenvalue weighted by atomic mass is 32.2. The van der Waals surface area contributed by atoms with Crippen molar-refractivity contribution in [3.63, 3.8) is 0 Å². The van der Waals surface area contributed by atoms with Crippen LogP contribution in [0.25, 0.3) is 0 Å². The number of ether oxygens (including phenoxy) is 4. The molecule has 0 aliphatic carbocycles. The lowest BCUT2D eigenvalue weighted by Crippen LogP contribution is -2.61. The molecular formula is C30H37NO5S. The van der Waals surface area contributed by atoms with Crippen molar-refractivity contribution in [1.29, 1.82) is 0 Å². The maximum Gasteiger partial charge on any atom is 0.148 e. The van der Waals surface area contributed by atoms with E-state index in [1.807, 2.05) is 112 Å². The van der Waals surface area contributed by atoms with Crippen LogP contribution >= 0.6 is 0 Å². The van der Waals surface area contributed by atoms with Crippen molar-refractivity contribution in [2.75, 3.05) is 6.61 Å². The zero-order valence-corrected chi connectivity index (χ0v) is 22.6. The summed E-state index contributed by atoms with van der Waals surface area (Å²) in [4.78, 5) is 0. The first-order chi connectivity index (χ1) is 17.9. The summed E-state index contributed by atoms with van der Waals surface area (Å²) < 4.78 is 41.2. The molecule has 6 nitrogen and oxygen atoms in total. The van der Waals surface area contributed by atoms with Crippen molar-refractivity contribution in [3.05, 3.63) is 108 Å². The van der Waals surface area contributed by atoms with E-state index in [1.165, 1.54) is 0 Å². The molecule has 0 aromatic heterocycles. The number of hydrogen-bond acceptors (Lipinski definition) is 5. The fraction of sp³-hybridized carbons (Fsp3) is 0.400. The van der Waals surface area contributed by atoms with Gasteiger partial charge in [0.2, 0.25) is 0 Å². The Morgan fingerprint density at radius 3 is 1.62 bits per heavy atom. The molecule has 0 radical (unpaired) electrons. The summed E-state index contributed by atoms with van der Waals surface area (Å²) in [5.74, 6) is 0. The third-order valence-electron chi connectivity index (χ3n) is 6.09. The Kier molecular flexibility index (Phi) is 10.0. The van der Waals surface area contributed by atoms with Crippen LogP contribution in [0.5, 0.6) is 0 Å². The first kappa shape index (κ1) is 27.6. The topological polar surface area (TPSA) is 66.0 Å². The SMILES string of the molecule is CC(C)(C)S(=O)NC1OC[C@@H](OCc2ccccc2)[C@H](OCc2ccccc2)[C@H]1OCc1ccccc1. The Balaban J connectivity index is 1.56. The van der Waals surface area contributed by atoms with Crippen LogP contribution in [-0.4, -0.2) is 40.1 Å². The van der Waals surface area contributed by atoms with Crippen LogP contribution in [-0.2, 0) is 49.8 Å². The standard InChI is InChI=1S/C30H37NO5S/c1-30(2,3)37(32)31-29-28(35-21-25-17-11-6-12-18-25)27(34-20-24-15-9-5-10-16-24)26(22-36-29)33-19-23-13-7-4-8-14-23/h4-18,26-29,31H,19-22H2,1-3H3/t26-,27+,28-,29?,37?/m1/s1. The average molecular weight is 524 g/mol. The predicted molar refractivity (Wildman–Crippen MR) is 146 cm³/mol. The first-order valence-electron chi connectivity index (χ1n) is 12.7. The Morgan fingerprint density at radius 1 is 0.730 bits per heavy atom. The molecule has 1 heterocycles. The first-order valence-corrected chi connectivity index (χ1v) is 13.8. The van der Waals surface area contributed by atoms with Crippen LogP contribution in [0.1, 0.15) is 37.5 Å². The highest BCUT2D eigenvalue weighted by Gasteiger charge is 2.44. The van der Waals surface area contributed by atoms with E-state index in [9.17, 15) is 4.21 Å². The van der Waals surface area contributed by atoms with Gasteiger partial charge < -0.3 is 18.9 Å². The van der Waals surface area contributed by atoms with Gasteiger partial charge in [0.05, 0.1) is 42.2 Å². The highest BCUT2D eigenvalue weighted by Crippen LogP contribution is 2.27. The van der Waals surface area contributed by atoms with E-state index >= 15 is 0 Å². The molecule has 0 saturated carbocycles. The molecule has 0 spiro atoms. The average Bonchev–Trinajstić information content (AvgIpc) is 2.91.